The lowest BCUT2D eigenvalue weighted by molar-refractivity contribution is -0.120. The molecule has 1 amide bonds. The summed E-state index contributed by atoms with van der Waals surface area (Å²) in [6, 6.07) is 2.42. The molecule has 0 spiro atoms. The van der Waals surface area contributed by atoms with Gasteiger partial charge in [0.05, 0.1) is 10.5 Å². The molecule has 0 aliphatic carbocycles. The lowest BCUT2D eigenvalue weighted by atomic mass is 10.1. The third-order valence-corrected chi connectivity index (χ3v) is 5.17. The van der Waals surface area contributed by atoms with Gasteiger partial charge in [-0.15, -0.1) is 0 Å². The number of sulfonamides is 1. The predicted octanol–water partition coefficient (Wildman–Crippen LogP) is 0.870. The van der Waals surface area contributed by atoms with E-state index in [1.54, 1.807) is 6.92 Å². The standard InChI is InChI=1S/C12H15BrN2O5S/c1-7-9(13)5-8(12(17)18)6-10(7)21(19,20)15-4-3-11(16)14-2/h5-6,15H,3-4H2,1-2H3,(H,14,16)(H,17,18). The highest BCUT2D eigenvalue weighted by atomic mass is 79.9. The van der Waals surface area contributed by atoms with Crippen LogP contribution in [0.1, 0.15) is 22.3 Å². The molecule has 0 fully saturated rings. The van der Waals surface area contributed by atoms with E-state index in [4.69, 9.17) is 5.11 Å². The minimum absolute atomic E-state index is 0.00539. The largest absolute Gasteiger partial charge is 0.478 e. The topological polar surface area (TPSA) is 113 Å². The Morgan fingerprint density at radius 2 is 1.95 bits per heavy atom. The number of carboxylic acid groups (broad SMARTS) is 1. The van der Waals surface area contributed by atoms with Gasteiger partial charge in [0.2, 0.25) is 15.9 Å². The molecule has 0 unspecified atom stereocenters. The molecule has 0 heterocycles. The second-order valence-electron chi connectivity index (χ2n) is 4.21. The van der Waals surface area contributed by atoms with Crippen LogP contribution in [-0.4, -0.2) is 39.0 Å². The summed E-state index contributed by atoms with van der Waals surface area (Å²) in [5.74, 6) is -1.52. The van der Waals surface area contributed by atoms with E-state index in [1.807, 2.05) is 0 Å². The maximum absolute atomic E-state index is 12.2. The fourth-order valence-corrected chi connectivity index (χ4v) is 3.47. The Balaban J connectivity index is 3.07. The highest BCUT2D eigenvalue weighted by molar-refractivity contribution is 9.10. The first kappa shape index (κ1) is 17.6. The molecule has 21 heavy (non-hydrogen) atoms. The third kappa shape index (κ3) is 4.51. The van der Waals surface area contributed by atoms with Gasteiger partial charge in [-0.1, -0.05) is 15.9 Å². The van der Waals surface area contributed by atoms with E-state index in [9.17, 15) is 18.0 Å². The van der Waals surface area contributed by atoms with E-state index < -0.39 is 16.0 Å². The van der Waals surface area contributed by atoms with Crippen LogP contribution in [-0.2, 0) is 14.8 Å². The summed E-state index contributed by atoms with van der Waals surface area (Å²) < 4.78 is 27.0. The Labute approximate surface area is 130 Å². The van der Waals surface area contributed by atoms with Crippen molar-refractivity contribution in [2.45, 2.75) is 18.2 Å². The van der Waals surface area contributed by atoms with Gasteiger partial charge in [0.25, 0.3) is 0 Å². The predicted molar refractivity (Wildman–Crippen MR) is 79.7 cm³/mol. The second kappa shape index (κ2) is 7.01. The molecular weight excluding hydrogens is 364 g/mol. The van der Waals surface area contributed by atoms with Crippen LogP contribution >= 0.6 is 15.9 Å². The molecule has 9 heteroatoms. The van der Waals surface area contributed by atoms with E-state index in [-0.39, 0.29) is 29.3 Å². The number of nitrogens with one attached hydrogen (secondary N) is 2. The SMILES string of the molecule is CNC(=O)CCNS(=O)(=O)c1cc(C(=O)O)cc(Br)c1C. The van der Waals surface area contributed by atoms with Crippen LogP contribution in [0, 0.1) is 6.92 Å². The highest BCUT2D eigenvalue weighted by Gasteiger charge is 2.21. The monoisotopic (exact) mass is 378 g/mol. The van der Waals surface area contributed by atoms with Crippen molar-refractivity contribution in [2.75, 3.05) is 13.6 Å². The quantitative estimate of drug-likeness (QED) is 0.679. The number of carbonyl (C=O) groups excluding carboxylic acids is 1. The summed E-state index contributed by atoms with van der Waals surface area (Å²) in [6.45, 7) is 1.49. The molecule has 0 aromatic heterocycles. The zero-order valence-corrected chi connectivity index (χ0v) is 13.8. The van der Waals surface area contributed by atoms with Gasteiger partial charge >= 0.3 is 5.97 Å². The van der Waals surface area contributed by atoms with Crippen LogP contribution in [0.15, 0.2) is 21.5 Å². The van der Waals surface area contributed by atoms with Crippen molar-refractivity contribution in [1.82, 2.24) is 10.0 Å². The van der Waals surface area contributed by atoms with E-state index >= 15 is 0 Å². The lowest BCUT2D eigenvalue weighted by Gasteiger charge is -2.11. The van der Waals surface area contributed by atoms with Crippen molar-refractivity contribution in [3.8, 4) is 0 Å². The zero-order valence-electron chi connectivity index (χ0n) is 11.4. The maximum Gasteiger partial charge on any atom is 0.335 e. The number of halogens is 1. The van der Waals surface area contributed by atoms with E-state index in [2.05, 4.69) is 26.0 Å². The molecule has 0 aliphatic heterocycles. The average Bonchev–Trinajstić information content (AvgIpc) is 2.40. The summed E-state index contributed by atoms with van der Waals surface area (Å²) >= 11 is 3.14. The smallest absolute Gasteiger partial charge is 0.335 e. The molecule has 1 rings (SSSR count). The zero-order chi connectivity index (χ0) is 16.2. The lowest BCUT2D eigenvalue weighted by Crippen LogP contribution is -2.29. The van der Waals surface area contributed by atoms with Crippen molar-refractivity contribution in [3.63, 3.8) is 0 Å². The molecule has 1 aromatic carbocycles. The number of rotatable bonds is 6. The number of hydrogen-bond donors (Lipinski definition) is 3. The van der Waals surface area contributed by atoms with Gasteiger partial charge in [-0.25, -0.2) is 17.9 Å². The number of benzene rings is 1. The van der Waals surface area contributed by atoms with Gasteiger partial charge in [-0.2, -0.15) is 0 Å². The summed E-state index contributed by atoms with van der Waals surface area (Å²) in [5, 5.41) is 11.4. The van der Waals surface area contributed by atoms with E-state index in [1.165, 1.54) is 13.1 Å². The van der Waals surface area contributed by atoms with Crippen molar-refractivity contribution >= 4 is 37.8 Å². The van der Waals surface area contributed by atoms with Gasteiger partial charge in [0, 0.05) is 24.5 Å². The number of aromatic carboxylic acids is 1. The molecule has 3 N–H and O–H groups in total. The van der Waals surface area contributed by atoms with Crippen LogP contribution in [0.25, 0.3) is 0 Å². The van der Waals surface area contributed by atoms with Crippen LogP contribution < -0.4 is 10.0 Å². The Morgan fingerprint density at radius 1 is 1.33 bits per heavy atom. The molecule has 0 saturated carbocycles. The van der Waals surface area contributed by atoms with Gasteiger partial charge < -0.3 is 10.4 Å². The normalized spacial score (nSPS) is 11.2. The first-order valence-corrected chi connectivity index (χ1v) is 8.20. The van der Waals surface area contributed by atoms with Crippen LogP contribution in [0.3, 0.4) is 0 Å². The number of amides is 1. The Bertz CT molecular complexity index is 672. The van der Waals surface area contributed by atoms with Gasteiger partial charge in [-0.3, -0.25) is 4.79 Å². The molecule has 116 valence electrons. The van der Waals surface area contributed by atoms with E-state index in [0.717, 1.165) is 6.07 Å². The van der Waals surface area contributed by atoms with Crippen molar-refractivity contribution < 1.29 is 23.1 Å². The highest BCUT2D eigenvalue weighted by Crippen LogP contribution is 2.25. The molecule has 0 bridgehead atoms. The van der Waals surface area contributed by atoms with Crippen molar-refractivity contribution in [2.24, 2.45) is 0 Å². The summed E-state index contributed by atoms with van der Waals surface area (Å²) in [7, 11) is -2.44. The third-order valence-electron chi connectivity index (χ3n) is 2.76. The summed E-state index contributed by atoms with van der Waals surface area (Å²) in [5.41, 5.74) is 0.256. The molecule has 0 aliphatic rings. The van der Waals surface area contributed by atoms with Crippen LogP contribution in [0.5, 0.6) is 0 Å². The van der Waals surface area contributed by atoms with Crippen LogP contribution in [0.2, 0.25) is 0 Å². The van der Waals surface area contributed by atoms with Crippen LogP contribution in [0.4, 0.5) is 0 Å². The minimum atomic E-state index is -3.90. The molecule has 0 atom stereocenters. The first-order chi connectivity index (χ1) is 9.69. The molecular formula is C12H15BrN2O5S. The van der Waals surface area contributed by atoms with E-state index in [0.29, 0.717) is 10.0 Å². The Hall–Kier alpha value is -1.45. The fourth-order valence-electron chi connectivity index (χ4n) is 1.56. The number of hydrogen-bond acceptors (Lipinski definition) is 4. The number of carboxylic acids is 1. The molecule has 1 aromatic rings. The van der Waals surface area contributed by atoms with Gasteiger partial charge in [0.1, 0.15) is 0 Å². The Kier molecular flexibility index (Phi) is 5.87. The van der Waals surface area contributed by atoms with Gasteiger partial charge in [0.15, 0.2) is 0 Å². The maximum atomic E-state index is 12.2. The summed E-state index contributed by atoms with van der Waals surface area (Å²) in [4.78, 5) is 21.9. The minimum Gasteiger partial charge on any atom is -0.478 e. The summed E-state index contributed by atoms with van der Waals surface area (Å²) in [6.07, 6.45) is -0.00539. The molecule has 0 radical (unpaired) electrons. The average molecular weight is 379 g/mol. The van der Waals surface area contributed by atoms with Crippen molar-refractivity contribution in [3.05, 3.63) is 27.7 Å². The molecule has 7 nitrogen and oxygen atoms in total. The fraction of sp³-hybridized carbons (Fsp3) is 0.333. The second-order valence-corrected chi connectivity index (χ2v) is 6.80. The first-order valence-electron chi connectivity index (χ1n) is 5.92. The van der Waals surface area contributed by atoms with Crippen molar-refractivity contribution in [1.29, 1.82) is 0 Å². The Morgan fingerprint density at radius 3 is 2.48 bits per heavy atom. The number of carbonyl (C=O) groups is 2. The molecule has 0 saturated heterocycles. The van der Waals surface area contributed by atoms with Gasteiger partial charge in [-0.05, 0) is 24.6 Å².